The molecule has 7 nitrogen and oxygen atoms in total. The molecule has 2 heterocycles. The highest BCUT2D eigenvalue weighted by molar-refractivity contribution is 6.00. The number of hydrogen-bond donors (Lipinski definition) is 2. The van der Waals surface area contributed by atoms with E-state index in [1.807, 2.05) is 0 Å². The largest absolute Gasteiger partial charge is 0.390 e. The monoisotopic (exact) mass is 420 g/mol. The van der Waals surface area contributed by atoms with E-state index >= 15 is 4.39 Å². The molecule has 1 aromatic carbocycles. The minimum atomic E-state index is -1.38. The summed E-state index contributed by atoms with van der Waals surface area (Å²) in [7, 11) is 0. The zero-order valence-electron chi connectivity index (χ0n) is 15.8. The third kappa shape index (κ3) is 3.62. The number of aliphatic hydroxyl groups excluding tert-OH is 1. The number of hydrogen-bond acceptors (Lipinski definition) is 6. The van der Waals surface area contributed by atoms with Gasteiger partial charge in [0, 0.05) is 24.6 Å². The van der Waals surface area contributed by atoms with Crippen LogP contribution in [0.3, 0.4) is 0 Å². The maximum absolute atomic E-state index is 15.1. The van der Waals surface area contributed by atoms with Gasteiger partial charge in [0.25, 0.3) is 5.91 Å². The van der Waals surface area contributed by atoms with Crippen LogP contribution in [0.1, 0.15) is 35.2 Å². The zero-order valence-corrected chi connectivity index (χ0v) is 15.8. The topological polar surface area (TPSA) is 95.4 Å². The average molecular weight is 420 g/mol. The lowest BCUT2D eigenvalue weighted by Gasteiger charge is -2.29. The predicted molar refractivity (Wildman–Crippen MR) is 100 cm³/mol. The molecule has 3 unspecified atom stereocenters. The number of alkyl halides is 1. The molecule has 2 aliphatic rings. The fraction of sp³-hybridized carbons (Fsp3) is 0.400. The molecule has 1 aliphatic carbocycles. The lowest BCUT2D eigenvalue weighted by Crippen LogP contribution is -2.37. The number of benzene rings is 1. The van der Waals surface area contributed by atoms with Gasteiger partial charge in [0.05, 0.1) is 24.4 Å². The van der Waals surface area contributed by atoms with Crippen LogP contribution in [0.5, 0.6) is 0 Å². The highest BCUT2D eigenvalue weighted by Gasteiger charge is 2.33. The summed E-state index contributed by atoms with van der Waals surface area (Å²) in [4.78, 5) is 32.2. The third-order valence-corrected chi connectivity index (χ3v) is 5.46. The number of nitrogens with zero attached hydrogens (tertiary/aromatic N) is 3. The second-order valence-electron chi connectivity index (χ2n) is 7.44. The number of aliphatic hydroxyl groups is 1. The van der Waals surface area contributed by atoms with Crippen LogP contribution < -0.4 is 5.32 Å². The molecule has 2 aromatic rings. The SMILES string of the molecule is O=CCN1Cc2ccc(-c3nc(NC4CCC(O)C(F)C4)ncc3F)c(F)c2C1=O. The Kier molecular flexibility index (Phi) is 5.42. The molecular weight excluding hydrogens is 401 g/mol. The van der Waals surface area contributed by atoms with Gasteiger partial charge in [-0.15, -0.1) is 0 Å². The highest BCUT2D eigenvalue weighted by Crippen LogP contribution is 2.33. The number of carbonyl (C=O) groups is 2. The van der Waals surface area contributed by atoms with Crippen molar-refractivity contribution in [3.63, 3.8) is 0 Å². The number of carbonyl (C=O) groups excluding carboxylic acids is 2. The average Bonchev–Trinajstić information content (AvgIpc) is 3.03. The number of aromatic nitrogens is 2. The number of amides is 1. The molecule has 30 heavy (non-hydrogen) atoms. The summed E-state index contributed by atoms with van der Waals surface area (Å²) >= 11 is 0. The van der Waals surface area contributed by atoms with Crippen LogP contribution in [-0.2, 0) is 11.3 Å². The maximum atomic E-state index is 15.1. The first-order valence-corrected chi connectivity index (χ1v) is 9.55. The molecule has 3 atom stereocenters. The lowest BCUT2D eigenvalue weighted by atomic mass is 9.91. The molecule has 158 valence electrons. The van der Waals surface area contributed by atoms with Crippen LogP contribution >= 0.6 is 0 Å². The Morgan fingerprint density at radius 2 is 2.10 bits per heavy atom. The fourth-order valence-electron chi connectivity index (χ4n) is 3.87. The van der Waals surface area contributed by atoms with Gasteiger partial charge < -0.3 is 20.1 Å². The fourth-order valence-corrected chi connectivity index (χ4v) is 3.87. The van der Waals surface area contributed by atoms with Gasteiger partial charge >= 0.3 is 0 Å². The Bertz CT molecular complexity index is 1000. The Morgan fingerprint density at radius 1 is 1.30 bits per heavy atom. The molecule has 0 radical (unpaired) electrons. The minimum Gasteiger partial charge on any atom is -0.390 e. The predicted octanol–water partition coefficient (Wildman–Crippen LogP) is 2.24. The van der Waals surface area contributed by atoms with Gasteiger partial charge in [-0.1, -0.05) is 6.07 Å². The van der Waals surface area contributed by atoms with Crippen molar-refractivity contribution in [1.29, 1.82) is 0 Å². The van der Waals surface area contributed by atoms with E-state index in [1.165, 1.54) is 17.0 Å². The highest BCUT2D eigenvalue weighted by atomic mass is 19.1. The summed E-state index contributed by atoms with van der Waals surface area (Å²) in [6.45, 7) is -0.0645. The summed E-state index contributed by atoms with van der Waals surface area (Å²) in [6.07, 6.45) is -0.169. The number of fused-ring (bicyclic) bond motifs is 1. The summed E-state index contributed by atoms with van der Waals surface area (Å²) < 4.78 is 43.3. The number of halogens is 3. The van der Waals surface area contributed by atoms with Crippen LogP contribution in [0.25, 0.3) is 11.3 Å². The second kappa shape index (κ2) is 8.02. The summed E-state index contributed by atoms with van der Waals surface area (Å²) in [5, 5.41) is 12.4. The first kappa shape index (κ1) is 20.3. The molecule has 1 amide bonds. The third-order valence-electron chi connectivity index (χ3n) is 5.46. The van der Waals surface area contributed by atoms with Crippen molar-refractivity contribution in [1.82, 2.24) is 14.9 Å². The molecule has 0 saturated heterocycles. The van der Waals surface area contributed by atoms with E-state index in [0.29, 0.717) is 18.3 Å². The van der Waals surface area contributed by atoms with Gasteiger partial charge in [-0.3, -0.25) is 4.79 Å². The quantitative estimate of drug-likeness (QED) is 0.721. The van der Waals surface area contributed by atoms with Crippen molar-refractivity contribution in [2.45, 2.75) is 44.1 Å². The normalized spacial score (nSPS) is 23.4. The molecule has 1 aliphatic heterocycles. The lowest BCUT2D eigenvalue weighted by molar-refractivity contribution is -0.108. The maximum Gasteiger partial charge on any atom is 0.257 e. The van der Waals surface area contributed by atoms with E-state index in [2.05, 4.69) is 15.3 Å². The van der Waals surface area contributed by atoms with Gasteiger partial charge in [-0.05, 0) is 24.5 Å². The van der Waals surface area contributed by atoms with E-state index in [1.54, 1.807) is 0 Å². The van der Waals surface area contributed by atoms with Crippen LogP contribution in [0.2, 0.25) is 0 Å². The van der Waals surface area contributed by atoms with Gasteiger partial charge in [-0.2, -0.15) is 0 Å². The Morgan fingerprint density at radius 3 is 2.83 bits per heavy atom. The molecule has 0 bridgehead atoms. The van der Waals surface area contributed by atoms with Crippen molar-refractivity contribution in [2.24, 2.45) is 0 Å². The van der Waals surface area contributed by atoms with Crippen molar-refractivity contribution < 1.29 is 27.9 Å². The minimum absolute atomic E-state index is 0.00574. The van der Waals surface area contributed by atoms with Gasteiger partial charge in [0.2, 0.25) is 5.95 Å². The van der Waals surface area contributed by atoms with E-state index < -0.39 is 29.8 Å². The molecule has 1 saturated carbocycles. The summed E-state index contributed by atoms with van der Waals surface area (Å²) in [5.74, 6) is -2.44. The van der Waals surface area contributed by atoms with Crippen molar-refractivity contribution in [2.75, 3.05) is 11.9 Å². The second-order valence-corrected chi connectivity index (χ2v) is 7.44. The van der Waals surface area contributed by atoms with Gasteiger partial charge in [0.15, 0.2) is 5.82 Å². The number of rotatable bonds is 5. The number of aldehydes is 1. The van der Waals surface area contributed by atoms with Crippen molar-refractivity contribution in [3.8, 4) is 11.3 Å². The number of nitrogens with one attached hydrogen (secondary N) is 1. The molecule has 0 spiro atoms. The van der Waals surface area contributed by atoms with E-state index in [-0.39, 0.29) is 54.7 Å². The first-order chi connectivity index (χ1) is 14.4. The van der Waals surface area contributed by atoms with Crippen LogP contribution in [-0.4, -0.2) is 57.0 Å². The van der Waals surface area contributed by atoms with Crippen LogP contribution in [0, 0.1) is 11.6 Å². The van der Waals surface area contributed by atoms with Crippen molar-refractivity contribution >= 4 is 18.1 Å². The van der Waals surface area contributed by atoms with Gasteiger partial charge in [-0.25, -0.2) is 23.1 Å². The standard InChI is InChI=1S/C20H19F3N4O3/c21-13-7-11(2-4-15(13)29)25-20-24-8-14(22)18(26-20)12-3-1-10-9-27(5-6-28)19(30)16(10)17(12)23/h1,3,6,8,11,13,15,29H,2,4-5,7,9H2,(H,24,25,26). The molecule has 4 rings (SSSR count). The Hall–Kier alpha value is -3.01. The Labute approximate surface area is 169 Å². The first-order valence-electron chi connectivity index (χ1n) is 9.55. The molecular formula is C20H19F3N4O3. The van der Waals surface area contributed by atoms with Crippen LogP contribution in [0.4, 0.5) is 19.1 Å². The van der Waals surface area contributed by atoms with E-state index in [4.69, 9.17) is 0 Å². The number of anilines is 1. The zero-order chi connectivity index (χ0) is 21.4. The van der Waals surface area contributed by atoms with Crippen LogP contribution in [0.15, 0.2) is 18.3 Å². The van der Waals surface area contributed by atoms with E-state index in [9.17, 15) is 23.5 Å². The van der Waals surface area contributed by atoms with Gasteiger partial charge in [0.1, 0.15) is 24.0 Å². The summed E-state index contributed by atoms with van der Waals surface area (Å²) in [5.41, 5.74) is -0.336. The Balaban J connectivity index is 1.63. The molecule has 2 N–H and O–H groups in total. The summed E-state index contributed by atoms with van der Waals surface area (Å²) in [6, 6.07) is 2.47. The van der Waals surface area contributed by atoms with E-state index in [0.717, 1.165) is 6.20 Å². The molecule has 10 heteroatoms. The van der Waals surface area contributed by atoms with Crippen molar-refractivity contribution in [3.05, 3.63) is 41.1 Å². The smallest absolute Gasteiger partial charge is 0.257 e. The molecule has 1 fully saturated rings. The molecule has 1 aromatic heterocycles.